The Morgan fingerprint density at radius 3 is 2.60 bits per heavy atom. The number of aryl methyl sites for hydroxylation is 1. The van der Waals surface area contributed by atoms with E-state index in [1.807, 2.05) is 25.0 Å². The second-order valence-electron chi connectivity index (χ2n) is 6.50. The fourth-order valence-electron chi connectivity index (χ4n) is 3.20. The average Bonchev–Trinajstić information content (AvgIpc) is 2.98. The lowest BCUT2D eigenvalue weighted by atomic mass is 10.1. The zero-order chi connectivity index (χ0) is 17.5. The number of aliphatic imine (C=N–C) groups is 1. The zero-order valence-electron chi connectivity index (χ0n) is 16.1. The highest BCUT2D eigenvalue weighted by Crippen LogP contribution is 2.17. The summed E-state index contributed by atoms with van der Waals surface area (Å²) < 4.78 is 7.58. The van der Waals surface area contributed by atoms with Crippen molar-refractivity contribution in [3.05, 3.63) is 18.0 Å². The number of piperidine rings is 1. The molecule has 0 amide bonds. The number of likely N-dealkylation sites (N-methyl/N-ethyl adjacent to an activating group) is 1. The zero-order valence-corrected chi connectivity index (χ0v) is 18.4. The standard InChI is InChI=1S/C17H32N6O.HI/c1-6-24-15-7-9-23(10-8-15)17(18-2)19-12-16(21(3)4)14-11-20-22(5)13-14;/h11,13,15-16H,6-10,12H2,1-5H3,(H,18,19);1H. The number of ether oxygens (including phenoxy) is 1. The first-order valence-corrected chi connectivity index (χ1v) is 8.77. The summed E-state index contributed by atoms with van der Waals surface area (Å²) in [4.78, 5) is 9.00. The van der Waals surface area contributed by atoms with Gasteiger partial charge >= 0.3 is 0 Å². The predicted octanol–water partition coefficient (Wildman–Crippen LogP) is 1.72. The van der Waals surface area contributed by atoms with Crippen LogP contribution in [0.1, 0.15) is 31.4 Å². The van der Waals surface area contributed by atoms with Crippen molar-refractivity contribution in [1.82, 2.24) is 24.9 Å². The lowest BCUT2D eigenvalue weighted by Crippen LogP contribution is -2.48. The molecule has 1 saturated heterocycles. The summed E-state index contributed by atoms with van der Waals surface area (Å²) in [5.41, 5.74) is 1.21. The minimum atomic E-state index is 0. The Balaban J connectivity index is 0.00000312. The fourth-order valence-corrected chi connectivity index (χ4v) is 3.20. The Morgan fingerprint density at radius 1 is 1.44 bits per heavy atom. The largest absolute Gasteiger partial charge is 0.378 e. The maximum atomic E-state index is 5.73. The molecule has 0 radical (unpaired) electrons. The third-order valence-corrected chi connectivity index (χ3v) is 4.54. The second-order valence-corrected chi connectivity index (χ2v) is 6.50. The van der Waals surface area contributed by atoms with E-state index in [0.29, 0.717) is 6.10 Å². The Bertz CT molecular complexity index is 525. The van der Waals surface area contributed by atoms with E-state index in [1.54, 1.807) is 0 Å². The molecule has 1 aliphatic rings. The van der Waals surface area contributed by atoms with Crippen molar-refractivity contribution in [3.63, 3.8) is 0 Å². The number of hydrogen-bond donors (Lipinski definition) is 1. The molecule has 1 N–H and O–H groups in total. The number of aromatic nitrogens is 2. The van der Waals surface area contributed by atoms with Gasteiger partial charge in [-0.15, -0.1) is 24.0 Å². The van der Waals surface area contributed by atoms with E-state index >= 15 is 0 Å². The van der Waals surface area contributed by atoms with E-state index in [2.05, 4.69) is 52.4 Å². The highest BCUT2D eigenvalue weighted by atomic mass is 127. The molecule has 1 fully saturated rings. The summed E-state index contributed by atoms with van der Waals surface area (Å²) >= 11 is 0. The number of nitrogens with one attached hydrogen (secondary N) is 1. The maximum absolute atomic E-state index is 5.73. The lowest BCUT2D eigenvalue weighted by molar-refractivity contribution is 0.0263. The van der Waals surface area contributed by atoms with Crippen molar-refractivity contribution in [1.29, 1.82) is 0 Å². The Morgan fingerprint density at radius 2 is 2.12 bits per heavy atom. The first-order valence-electron chi connectivity index (χ1n) is 8.77. The van der Waals surface area contributed by atoms with Crippen molar-refractivity contribution in [2.24, 2.45) is 12.0 Å². The molecule has 1 aromatic heterocycles. The summed E-state index contributed by atoms with van der Waals surface area (Å²) in [7, 11) is 7.99. The number of likely N-dealkylation sites (tertiary alicyclic amines) is 1. The van der Waals surface area contributed by atoms with Gasteiger partial charge in [0.25, 0.3) is 0 Å². The third kappa shape index (κ3) is 6.41. The molecule has 7 nitrogen and oxygen atoms in total. The smallest absolute Gasteiger partial charge is 0.193 e. The summed E-state index contributed by atoms with van der Waals surface area (Å²) in [6, 6.07) is 0.261. The van der Waals surface area contributed by atoms with Gasteiger partial charge in [-0.3, -0.25) is 9.67 Å². The molecule has 1 atom stereocenters. The fraction of sp³-hybridized carbons (Fsp3) is 0.765. The normalized spacial score (nSPS) is 17.5. The molecule has 2 rings (SSSR count). The SMILES string of the molecule is CCOC1CCN(C(=NC)NCC(c2cnn(C)c2)N(C)C)CC1.I. The summed E-state index contributed by atoms with van der Waals surface area (Å²) in [5, 5.41) is 7.82. The van der Waals surface area contributed by atoms with Crippen LogP contribution < -0.4 is 5.32 Å². The molecule has 1 unspecified atom stereocenters. The van der Waals surface area contributed by atoms with E-state index < -0.39 is 0 Å². The van der Waals surface area contributed by atoms with Gasteiger partial charge in [-0.05, 0) is 33.9 Å². The number of rotatable bonds is 6. The molecule has 2 heterocycles. The van der Waals surface area contributed by atoms with Crippen LogP contribution in [-0.4, -0.2) is 79.0 Å². The third-order valence-electron chi connectivity index (χ3n) is 4.54. The van der Waals surface area contributed by atoms with Gasteiger partial charge in [0.15, 0.2) is 5.96 Å². The predicted molar refractivity (Wildman–Crippen MR) is 113 cm³/mol. The number of hydrogen-bond acceptors (Lipinski definition) is 4. The van der Waals surface area contributed by atoms with Gasteiger partial charge in [0, 0.05) is 52.1 Å². The van der Waals surface area contributed by atoms with E-state index in [0.717, 1.165) is 45.0 Å². The van der Waals surface area contributed by atoms with Gasteiger partial charge < -0.3 is 19.9 Å². The number of nitrogens with zero attached hydrogens (tertiary/aromatic N) is 5. The molecule has 1 aliphatic heterocycles. The van der Waals surface area contributed by atoms with Crippen LogP contribution in [-0.2, 0) is 11.8 Å². The monoisotopic (exact) mass is 464 g/mol. The van der Waals surface area contributed by atoms with Crippen molar-refractivity contribution in [2.45, 2.75) is 31.9 Å². The van der Waals surface area contributed by atoms with Crippen LogP contribution in [0.2, 0.25) is 0 Å². The van der Waals surface area contributed by atoms with Crippen LogP contribution in [0.25, 0.3) is 0 Å². The highest BCUT2D eigenvalue weighted by molar-refractivity contribution is 14.0. The van der Waals surface area contributed by atoms with E-state index in [-0.39, 0.29) is 30.0 Å². The van der Waals surface area contributed by atoms with Crippen LogP contribution in [0.4, 0.5) is 0 Å². The highest BCUT2D eigenvalue weighted by Gasteiger charge is 2.23. The Labute approximate surface area is 168 Å². The van der Waals surface area contributed by atoms with E-state index in [1.165, 1.54) is 5.56 Å². The summed E-state index contributed by atoms with van der Waals surface area (Å²) in [6.07, 6.45) is 6.53. The molecule has 1 aromatic rings. The van der Waals surface area contributed by atoms with Crippen LogP contribution in [0.5, 0.6) is 0 Å². The van der Waals surface area contributed by atoms with Crippen LogP contribution in [0, 0.1) is 0 Å². The molecule has 0 aromatic carbocycles. The molecule has 0 aliphatic carbocycles. The van der Waals surface area contributed by atoms with Gasteiger partial charge in [0.2, 0.25) is 0 Å². The first-order chi connectivity index (χ1) is 11.5. The Kier molecular flexibility index (Phi) is 9.73. The van der Waals surface area contributed by atoms with Crippen LogP contribution in [0.3, 0.4) is 0 Å². The molecular formula is C17H33IN6O. The number of guanidine groups is 1. The minimum Gasteiger partial charge on any atom is -0.378 e. The van der Waals surface area contributed by atoms with Crippen molar-refractivity contribution >= 4 is 29.9 Å². The first kappa shape index (κ1) is 22.2. The van der Waals surface area contributed by atoms with E-state index in [9.17, 15) is 0 Å². The summed E-state index contributed by atoms with van der Waals surface area (Å²) in [6.45, 7) is 5.64. The quantitative estimate of drug-likeness (QED) is 0.395. The second kappa shape index (κ2) is 11.0. The molecule has 0 saturated carbocycles. The molecule has 25 heavy (non-hydrogen) atoms. The molecule has 8 heteroatoms. The van der Waals surface area contributed by atoms with Gasteiger partial charge in [-0.25, -0.2) is 0 Å². The molecule has 0 spiro atoms. The van der Waals surface area contributed by atoms with E-state index in [4.69, 9.17) is 4.74 Å². The van der Waals surface area contributed by atoms with Crippen molar-refractivity contribution in [3.8, 4) is 0 Å². The Hall–Kier alpha value is -0.870. The van der Waals surface area contributed by atoms with Gasteiger partial charge in [-0.1, -0.05) is 0 Å². The van der Waals surface area contributed by atoms with Gasteiger partial charge in [0.1, 0.15) is 0 Å². The van der Waals surface area contributed by atoms with Crippen molar-refractivity contribution < 1.29 is 4.74 Å². The molecular weight excluding hydrogens is 431 g/mol. The van der Waals surface area contributed by atoms with Crippen LogP contribution in [0.15, 0.2) is 17.4 Å². The minimum absolute atomic E-state index is 0. The molecule has 0 bridgehead atoms. The number of halogens is 1. The lowest BCUT2D eigenvalue weighted by Gasteiger charge is -2.35. The van der Waals surface area contributed by atoms with Crippen molar-refractivity contribution in [2.75, 3.05) is 47.4 Å². The average molecular weight is 464 g/mol. The topological polar surface area (TPSA) is 57.9 Å². The molecule has 144 valence electrons. The van der Waals surface area contributed by atoms with Crippen LogP contribution >= 0.6 is 24.0 Å². The van der Waals surface area contributed by atoms with Gasteiger partial charge in [-0.2, -0.15) is 5.10 Å². The maximum Gasteiger partial charge on any atom is 0.193 e. The summed E-state index contributed by atoms with van der Waals surface area (Å²) in [5.74, 6) is 0.973. The van der Waals surface area contributed by atoms with Gasteiger partial charge in [0.05, 0.1) is 18.3 Å².